The third-order valence-corrected chi connectivity index (χ3v) is 3.02. The van der Waals surface area contributed by atoms with Crippen LogP contribution in [0.15, 0.2) is 24.4 Å². The van der Waals surface area contributed by atoms with Gasteiger partial charge in [0.2, 0.25) is 11.8 Å². The van der Waals surface area contributed by atoms with Crippen molar-refractivity contribution in [2.24, 2.45) is 0 Å². The Morgan fingerprint density at radius 3 is 2.94 bits per heavy atom. The van der Waals surface area contributed by atoms with E-state index in [1.165, 1.54) is 11.1 Å². The van der Waals surface area contributed by atoms with Crippen molar-refractivity contribution in [2.75, 3.05) is 5.73 Å². The number of rotatable bonds is 2. The van der Waals surface area contributed by atoms with Crippen LogP contribution in [0.3, 0.4) is 0 Å². The van der Waals surface area contributed by atoms with Crippen LogP contribution in [0.25, 0.3) is 0 Å². The monoisotopic (exact) mass is 245 g/mol. The summed E-state index contributed by atoms with van der Waals surface area (Å²) >= 11 is 0. The third kappa shape index (κ3) is 1.99. The summed E-state index contributed by atoms with van der Waals surface area (Å²) in [6.07, 6.45) is 4.31. The van der Waals surface area contributed by atoms with Crippen molar-refractivity contribution in [3.05, 3.63) is 41.3 Å². The van der Waals surface area contributed by atoms with Crippen LogP contribution in [0.5, 0.6) is 11.6 Å². The van der Waals surface area contributed by atoms with E-state index in [1.54, 1.807) is 0 Å². The molecule has 4 nitrogen and oxygen atoms in total. The van der Waals surface area contributed by atoms with Gasteiger partial charge < -0.3 is 10.5 Å². The lowest BCUT2D eigenvalue weighted by Crippen LogP contribution is -1.99. The molecule has 2 aromatic rings. The van der Waals surface area contributed by atoms with Gasteiger partial charge in [-0.25, -0.2) is 4.98 Å². The number of ether oxygens (including phenoxy) is 1. The van der Waals surface area contributed by atoms with Crippen molar-refractivity contribution in [3.63, 3.8) is 0 Å². The van der Waals surface area contributed by atoms with Gasteiger partial charge in [0.25, 0.3) is 5.88 Å². The molecule has 1 aromatic heterocycles. The maximum atomic E-state index is 13.4. The van der Waals surface area contributed by atoms with E-state index < -0.39 is 5.82 Å². The van der Waals surface area contributed by atoms with Crippen molar-refractivity contribution >= 4 is 5.95 Å². The highest BCUT2D eigenvalue weighted by Crippen LogP contribution is 2.29. The molecule has 1 aliphatic carbocycles. The molecule has 0 bridgehead atoms. The number of anilines is 1. The molecule has 0 saturated carbocycles. The van der Waals surface area contributed by atoms with Gasteiger partial charge in [0.05, 0.1) is 6.20 Å². The van der Waals surface area contributed by atoms with Crippen LogP contribution in [0.2, 0.25) is 0 Å². The highest BCUT2D eigenvalue weighted by Gasteiger charge is 2.13. The van der Waals surface area contributed by atoms with Gasteiger partial charge in [0, 0.05) is 0 Å². The molecule has 0 amide bonds. The van der Waals surface area contributed by atoms with E-state index in [0.29, 0.717) is 5.75 Å². The van der Waals surface area contributed by atoms with E-state index in [4.69, 9.17) is 10.5 Å². The number of nitrogens with zero attached hydrogens (tertiary/aromatic N) is 2. The summed E-state index contributed by atoms with van der Waals surface area (Å²) in [7, 11) is 0. The van der Waals surface area contributed by atoms with Crippen LogP contribution in [-0.4, -0.2) is 9.97 Å². The molecular formula is C13H12FN3O. The fraction of sp³-hybridized carbons (Fsp3) is 0.231. The summed E-state index contributed by atoms with van der Waals surface area (Å²) in [4.78, 5) is 7.28. The molecule has 0 spiro atoms. The van der Waals surface area contributed by atoms with Crippen molar-refractivity contribution < 1.29 is 9.13 Å². The van der Waals surface area contributed by atoms with Gasteiger partial charge in [-0.1, -0.05) is 6.07 Å². The summed E-state index contributed by atoms with van der Waals surface area (Å²) in [5.74, 6) is -0.189. The highest BCUT2D eigenvalue weighted by atomic mass is 19.1. The predicted molar refractivity (Wildman–Crippen MR) is 64.9 cm³/mol. The lowest BCUT2D eigenvalue weighted by atomic mass is 10.1. The molecule has 1 aliphatic rings. The standard InChI is InChI=1S/C13H12FN3O/c14-11-7-16-13(15)17-12(11)18-10-5-4-8-2-1-3-9(8)6-10/h4-7H,1-3H2,(H2,15,16,17). The van der Waals surface area contributed by atoms with E-state index in [2.05, 4.69) is 9.97 Å². The van der Waals surface area contributed by atoms with Crippen molar-refractivity contribution in [2.45, 2.75) is 19.3 Å². The molecule has 2 N–H and O–H groups in total. The maximum Gasteiger partial charge on any atom is 0.260 e. The molecule has 1 aromatic carbocycles. The van der Waals surface area contributed by atoms with Crippen LogP contribution in [-0.2, 0) is 12.8 Å². The van der Waals surface area contributed by atoms with Gasteiger partial charge in [-0.3, -0.25) is 0 Å². The fourth-order valence-corrected chi connectivity index (χ4v) is 2.16. The minimum atomic E-state index is -0.621. The van der Waals surface area contributed by atoms with E-state index in [-0.39, 0.29) is 11.8 Å². The molecule has 0 unspecified atom stereocenters. The second-order valence-electron chi connectivity index (χ2n) is 4.27. The average Bonchev–Trinajstić information content (AvgIpc) is 2.81. The molecule has 3 rings (SSSR count). The number of aromatic nitrogens is 2. The van der Waals surface area contributed by atoms with Crippen molar-refractivity contribution in [1.82, 2.24) is 9.97 Å². The van der Waals surface area contributed by atoms with Crippen molar-refractivity contribution in [1.29, 1.82) is 0 Å². The Labute approximate surface area is 104 Å². The SMILES string of the molecule is Nc1ncc(F)c(Oc2ccc3c(c2)CCC3)n1. The number of benzene rings is 1. The smallest absolute Gasteiger partial charge is 0.260 e. The number of hydrogen-bond donors (Lipinski definition) is 1. The molecule has 5 heteroatoms. The van der Waals surface area contributed by atoms with Crippen LogP contribution in [0.4, 0.5) is 10.3 Å². The minimum Gasteiger partial charge on any atom is -0.436 e. The summed E-state index contributed by atoms with van der Waals surface area (Å²) in [6.45, 7) is 0. The van der Waals surface area contributed by atoms with E-state index in [9.17, 15) is 4.39 Å². The van der Waals surface area contributed by atoms with Gasteiger partial charge in [0.15, 0.2) is 0 Å². The van der Waals surface area contributed by atoms with Crippen LogP contribution >= 0.6 is 0 Å². The molecule has 18 heavy (non-hydrogen) atoms. The highest BCUT2D eigenvalue weighted by molar-refractivity contribution is 5.40. The van der Waals surface area contributed by atoms with E-state index in [1.807, 2.05) is 18.2 Å². The number of aryl methyl sites for hydroxylation is 2. The van der Waals surface area contributed by atoms with Crippen molar-refractivity contribution in [3.8, 4) is 11.6 Å². The Morgan fingerprint density at radius 1 is 1.22 bits per heavy atom. The summed E-state index contributed by atoms with van der Waals surface area (Å²) in [6, 6.07) is 5.77. The zero-order chi connectivity index (χ0) is 12.5. The number of halogens is 1. The lowest BCUT2D eigenvalue weighted by molar-refractivity contribution is 0.420. The number of nitrogens with two attached hydrogens (primary N) is 1. The average molecular weight is 245 g/mol. The first-order valence-electron chi connectivity index (χ1n) is 5.80. The largest absolute Gasteiger partial charge is 0.436 e. The van der Waals surface area contributed by atoms with Crippen LogP contribution in [0, 0.1) is 5.82 Å². The molecular weight excluding hydrogens is 233 g/mol. The maximum absolute atomic E-state index is 13.4. The first kappa shape index (κ1) is 11.0. The summed E-state index contributed by atoms with van der Waals surface area (Å²) in [5, 5.41) is 0. The minimum absolute atomic E-state index is 0.00689. The van der Waals surface area contributed by atoms with Crippen LogP contribution < -0.4 is 10.5 Å². The quantitative estimate of drug-likeness (QED) is 0.882. The Balaban J connectivity index is 1.90. The fourth-order valence-electron chi connectivity index (χ4n) is 2.16. The topological polar surface area (TPSA) is 61.0 Å². The molecule has 0 fully saturated rings. The second-order valence-corrected chi connectivity index (χ2v) is 4.27. The number of nitrogen functional groups attached to an aromatic ring is 1. The number of fused-ring (bicyclic) bond motifs is 1. The van der Waals surface area contributed by atoms with Gasteiger partial charge in [-0.15, -0.1) is 0 Å². The zero-order valence-corrected chi connectivity index (χ0v) is 9.69. The first-order chi connectivity index (χ1) is 8.72. The molecule has 0 atom stereocenters. The zero-order valence-electron chi connectivity index (χ0n) is 9.69. The third-order valence-electron chi connectivity index (χ3n) is 3.02. The van der Waals surface area contributed by atoms with Crippen LogP contribution in [0.1, 0.15) is 17.5 Å². The molecule has 0 radical (unpaired) electrons. The predicted octanol–water partition coefficient (Wildman–Crippen LogP) is 2.48. The normalized spacial score (nSPS) is 13.4. The Hall–Kier alpha value is -2.17. The van der Waals surface area contributed by atoms with Gasteiger partial charge in [-0.2, -0.15) is 9.37 Å². The summed E-state index contributed by atoms with van der Waals surface area (Å²) < 4.78 is 18.8. The Kier molecular flexibility index (Phi) is 2.59. The Morgan fingerprint density at radius 2 is 2.06 bits per heavy atom. The second kappa shape index (κ2) is 4.25. The Bertz CT molecular complexity index is 601. The number of hydrogen-bond acceptors (Lipinski definition) is 4. The molecule has 1 heterocycles. The van der Waals surface area contributed by atoms with E-state index in [0.717, 1.165) is 25.5 Å². The molecule has 0 saturated heterocycles. The van der Waals surface area contributed by atoms with Gasteiger partial charge >= 0.3 is 0 Å². The van der Waals surface area contributed by atoms with Gasteiger partial charge in [0.1, 0.15) is 5.75 Å². The first-order valence-corrected chi connectivity index (χ1v) is 5.80. The molecule has 0 aliphatic heterocycles. The van der Waals surface area contributed by atoms with Gasteiger partial charge in [-0.05, 0) is 42.5 Å². The molecule has 92 valence electrons. The summed E-state index contributed by atoms with van der Waals surface area (Å²) in [5.41, 5.74) is 8.00. The lowest BCUT2D eigenvalue weighted by Gasteiger charge is -2.07. The van der Waals surface area contributed by atoms with E-state index >= 15 is 0 Å².